The first-order valence-electron chi connectivity index (χ1n) is 9.45. The molecule has 2 aromatic rings. The van der Waals surface area contributed by atoms with Crippen molar-refractivity contribution in [3.05, 3.63) is 28.6 Å². The van der Waals surface area contributed by atoms with Crippen molar-refractivity contribution in [3.8, 4) is 5.75 Å². The van der Waals surface area contributed by atoms with E-state index in [2.05, 4.69) is 5.32 Å². The van der Waals surface area contributed by atoms with Crippen LogP contribution in [0.4, 0.5) is 0 Å². The Morgan fingerprint density at radius 1 is 1.33 bits per heavy atom. The van der Waals surface area contributed by atoms with Gasteiger partial charge in [-0.25, -0.2) is 0 Å². The van der Waals surface area contributed by atoms with E-state index in [0.717, 1.165) is 58.8 Å². The van der Waals surface area contributed by atoms with Crippen molar-refractivity contribution >= 4 is 33.2 Å². The number of ether oxygens (including phenoxy) is 1. The van der Waals surface area contributed by atoms with Crippen LogP contribution < -0.4 is 10.1 Å². The molecule has 0 saturated carbocycles. The molecule has 2 saturated heterocycles. The summed E-state index contributed by atoms with van der Waals surface area (Å²) in [5, 5.41) is 4.19. The van der Waals surface area contributed by atoms with Crippen LogP contribution in [-0.4, -0.2) is 67.5 Å². The lowest BCUT2D eigenvalue weighted by molar-refractivity contribution is -0.135. The maximum atomic E-state index is 13.2. The molecule has 3 heterocycles. The number of nitrogens with one attached hydrogen (secondary N) is 1. The summed E-state index contributed by atoms with van der Waals surface area (Å²) in [5.74, 6) is 1.03. The predicted octanol–water partition coefficient (Wildman–Crippen LogP) is 2.25. The smallest absolute Gasteiger partial charge is 0.264 e. The zero-order valence-electron chi connectivity index (χ0n) is 15.8. The molecule has 1 unspecified atom stereocenters. The second-order valence-electron chi connectivity index (χ2n) is 7.23. The monoisotopic (exact) mass is 387 g/mol. The van der Waals surface area contributed by atoms with Gasteiger partial charge in [0.25, 0.3) is 5.91 Å². The van der Waals surface area contributed by atoms with Gasteiger partial charge < -0.3 is 19.9 Å². The Labute approximate surface area is 163 Å². The fourth-order valence-corrected chi connectivity index (χ4v) is 5.23. The number of amides is 2. The first-order valence-corrected chi connectivity index (χ1v) is 10.3. The summed E-state index contributed by atoms with van der Waals surface area (Å²) in [4.78, 5) is 30.1. The van der Waals surface area contributed by atoms with Crippen LogP contribution in [0.25, 0.3) is 10.1 Å². The molecule has 2 amide bonds. The zero-order valence-corrected chi connectivity index (χ0v) is 16.6. The van der Waals surface area contributed by atoms with Gasteiger partial charge in [0.2, 0.25) is 5.91 Å². The first kappa shape index (κ1) is 18.3. The Kier molecular flexibility index (Phi) is 5.06. The molecule has 1 N–H and O–H groups in total. The highest BCUT2D eigenvalue weighted by atomic mass is 32.1. The minimum atomic E-state index is 0.0833. The number of methoxy groups -OCH3 is 1. The lowest BCUT2D eigenvalue weighted by Gasteiger charge is -2.41. The van der Waals surface area contributed by atoms with Crippen LogP contribution in [0.15, 0.2) is 18.2 Å². The highest BCUT2D eigenvalue weighted by Gasteiger charge is 2.32. The molecule has 2 aliphatic rings. The fraction of sp³-hybridized carbons (Fsp3) is 0.500. The lowest BCUT2D eigenvalue weighted by atomic mass is 10.0. The van der Waals surface area contributed by atoms with Gasteiger partial charge in [0, 0.05) is 36.9 Å². The molecule has 2 fully saturated rings. The SMILES string of the molecule is COc1ccc2sc(C(=O)N3CCCC(N4CCNCC4=O)C3)c(C)c2c1. The molecular formula is C20H25N3O3S. The molecular weight excluding hydrogens is 362 g/mol. The number of nitrogens with zero attached hydrogens (tertiary/aromatic N) is 2. The standard InChI is InChI=1S/C20H25N3O3S/c1-13-16-10-15(26-2)5-6-17(16)27-19(13)20(25)22-8-3-4-14(12-22)23-9-7-21-11-18(23)24/h5-6,10,14,21H,3-4,7-9,11-12H2,1-2H3. The Hall–Kier alpha value is -2.12. The molecule has 1 atom stereocenters. The van der Waals surface area contributed by atoms with Crippen molar-refractivity contribution in [1.82, 2.24) is 15.1 Å². The number of piperazine rings is 1. The number of carbonyl (C=O) groups excluding carboxylic acids is 2. The van der Waals surface area contributed by atoms with Crippen molar-refractivity contribution in [2.24, 2.45) is 0 Å². The van der Waals surface area contributed by atoms with Crippen molar-refractivity contribution in [2.75, 3.05) is 39.8 Å². The fourth-order valence-electron chi connectivity index (χ4n) is 4.08. The second kappa shape index (κ2) is 7.48. The maximum absolute atomic E-state index is 13.2. The molecule has 6 nitrogen and oxygen atoms in total. The number of rotatable bonds is 3. The van der Waals surface area contributed by atoms with E-state index in [4.69, 9.17) is 4.74 Å². The third kappa shape index (κ3) is 3.41. The average molecular weight is 388 g/mol. The largest absolute Gasteiger partial charge is 0.497 e. The molecule has 0 radical (unpaired) electrons. The second-order valence-corrected chi connectivity index (χ2v) is 8.28. The Balaban J connectivity index is 1.56. The van der Waals surface area contributed by atoms with Crippen LogP contribution in [0.5, 0.6) is 5.75 Å². The highest BCUT2D eigenvalue weighted by molar-refractivity contribution is 7.21. The zero-order chi connectivity index (χ0) is 19.0. The number of carbonyl (C=O) groups is 2. The topological polar surface area (TPSA) is 61.9 Å². The number of hydrogen-bond donors (Lipinski definition) is 1. The first-order chi connectivity index (χ1) is 13.1. The number of likely N-dealkylation sites (tertiary alicyclic amines) is 1. The lowest BCUT2D eigenvalue weighted by Crippen LogP contribution is -2.57. The molecule has 7 heteroatoms. The van der Waals surface area contributed by atoms with Crippen molar-refractivity contribution in [3.63, 3.8) is 0 Å². The van der Waals surface area contributed by atoms with Crippen LogP contribution >= 0.6 is 11.3 Å². The van der Waals surface area contributed by atoms with E-state index in [1.807, 2.05) is 34.9 Å². The number of piperidine rings is 1. The van der Waals surface area contributed by atoms with Gasteiger partial charge in [-0.1, -0.05) is 0 Å². The minimum absolute atomic E-state index is 0.0833. The van der Waals surface area contributed by atoms with E-state index >= 15 is 0 Å². The molecule has 4 rings (SSSR count). The van der Waals surface area contributed by atoms with E-state index in [1.54, 1.807) is 18.4 Å². The number of fused-ring (bicyclic) bond motifs is 1. The molecule has 0 aliphatic carbocycles. The predicted molar refractivity (Wildman–Crippen MR) is 107 cm³/mol. The van der Waals surface area contributed by atoms with Crippen molar-refractivity contribution in [2.45, 2.75) is 25.8 Å². The third-order valence-corrected chi connectivity index (χ3v) is 6.85. The summed E-state index contributed by atoms with van der Waals surface area (Å²) in [5.41, 5.74) is 1.01. The average Bonchev–Trinajstić information content (AvgIpc) is 3.04. The normalized spacial score (nSPS) is 21.0. The molecule has 1 aromatic heterocycles. The molecule has 0 bridgehead atoms. The van der Waals surface area contributed by atoms with Crippen LogP contribution in [0, 0.1) is 6.92 Å². The van der Waals surface area contributed by atoms with E-state index in [1.165, 1.54) is 0 Å². The number of thiophene rings is 1. The van der Waals surface area contributed by atoms with Crippen molar-refractivity contribution in [1.29, 1.82) is 0 Å². The van der Waals surface area contributed by atoms with Crippen molar-refractivity contribution < 1.29 is 14.3 Å². The van der Waals surface area contributed by atoms with Crippen LogP contribution in [0.2, 0.25) is 0 Å². The summed E-state index contributed by atoms with van der Waals surface area (Å²) in [7, 11) is 1.65. The van der Waals surface area contributed by atoms with E-state index in [9.17, 15) is 9.59 Å². The summed E-state index contributed by atoms with van der Waals surface area (Å²) in [6, 6.07) is 6.07. The molecule has 2 aliphatic heterocycles. The molecule has 0 spiro atoms. The summed E-state index contributed by atoms with van der Waals surface area (Å²) >= 11 is 1.54. The number of aryl methyl sites for hydroxylation is 1. The number of hydrogen-bond acceptors (Lipinski definition) is 5. The van der Waals surface area contributed by atoms with Gasteiger partial charge in [-0.2, -0.15) is 0 Å². The van der Waals surface area contributed by atoms with Crippen LogP contribution in [0.1, 0.15) is 28.1 Å². The Morgan fingerprint density at radius 3 is 2.96 bits per heavy atom. The maximum Gasteiger partial charge on any atom is 0.264 e. The van der Waals surface area contributed by atoms with Crippen LogP contribution in [-0.2, 0) is 4.79 Å². The summed E-state index contributed by atoms with van der Waals surface area (Å²) in [6.45, 7) is 5.35. The summed E-state index contributed by atoms with van der Waals surface area (Å²) < 4.78 is 6.42. The summed E-state index contributed by atoms with van der Waals surface area (Å²) in [6.07, 6.45) is 1.91. The van der Waals surface area contributed by atoms with Gasteiger partial charge in [-0.3, -0.25) is 9.59 Å². The molecule has 27 heavy (non-hydrogen) atoms. The van der Waals surface area contributed by atoms with Crippen LogP contribution in [0.3, 0.4) is 0 Å². The van der Waals surface area contributed by atoms with E-state index < -0.39 is 0 Å². The van der Waals surface area contributed by atoms with E-state index in [0.29, 0.717) is 13.1 Å². The Morgan fingerprint density at radius 2 is 2.19 bits per heavy atom. The van der Waals surface area contributed by atoms with Gasteiger partial charge in [-0.05, 0) is 48.9 Å². The van der Waals surface area contributed by atoms with E-state index in [-0.39, 0.29) is 17.9 Å². The quantitative estimate of drug-likeness (QED) is 0.878. The Bertz CT molecular complexity index is 879. The highest BCUT2D eigenvalue weighted by Crippen LogP contribution is 2.34. The molecule has 1 aromatic carbocycles. The third-order valence-electron chi connectivity index (χ3n) is 5.59. The molecule has 144 valence electrons. The van der Waals surface area contributed by atoms with Gasteiger partial charge >= 0.3 is 0 Å². The van der Waals surface area contributed by atoms with Gasteiger partial charge in [0.15, 0.2) is 0 Å². The minimum Gasteiger partial charge on any atom is -0.497 e. The van der Waals surface area contributed by atoms with Gasteiger partial charge in [0.1, 0.15) is 5.75 Å². The number of benzene rings is 1. The van der Waals surface area contributed by atoms with Gasteiger partial charge in [0.05, 0.1) is 18.5 Å². The van der Waals surface area contributed by atoms with Gasteiger partial charge in [-0.15, -0.1) is 11.3 Å².